The summed E-state index contributed by atoms with van der Waals surface area (Å²) in [6, 6.07) is 6.00. The van der Waals surface area contributed by atoms with Crippen LogP contribution in [0.15, 0.2) is 24.3 Å². The summed E-state index contributed by atoms with van der Waals surface area (Å²) >= 11 is 0. The third-order valence-corrected chi connectivity index (χ3v) is 4.04. The second-order valence-corrected chi connectivity index (χ2v) is 5.67. The zero-order valence-corrected chi connectivity index (χ0v) is 12.3. The minimum atomic E-state index is -0.292. The lowest BCUT2D eigenvalue weighted by molar-refractivity contribution is -0.126. The minimum absolute atomic E-state index is 0.0967. The summed E-state index contributed by atoms with van der Waals surface area (Å²) in [7, 11) is 0. The quantitative estimate of drug-likeness (QED) is 0.912. The number of nitrogens with zero attached hydrogens (tertiary/aromatic N) is 2. The molecule has 5 nitrogen and oxygen atoms in total. The lowest BCUT2D eigenvalue weighted by Crippen LogP contribution is -2.31. The van der Waals surface area contributed by atoms with Gasteiger partial charge in [0.15, 0.2) is 5.82 Å². The highest BCUT2D eigenvalue weighted by Crippen LogP contribution is 2.23. The highest BCUT2D eigenvalue weighted by atomic mass is 19.1. The van der Waals surface area contributed by atoms with Gasteiger partial charge in [0, 0.05) is 11.5 Å². The predicted octanol–water partition coefficient (Wildman–Crippen LogP) is 2.81. The Balaban J connectivity index is 1.57. The molecule has 1 heterocycles. The van der Waals surface area contributed by atoms with Crippen LogP contribution in [0.5, 0.6) is 0 Å². The van der Waals surface area contributed by atoms with Crippen molar-refractivity contribution in [3.05, 3.63) is 35.9 Å². The van der Waals surface area contributed by atoms with E-state index < -0.39 is 0 Å². The van der Waals surface area contributed by atoms with Crippen molar-refractivity contribution in [3.8, 4) is 11.4 Å². The Labute approximate surface area is 128 Å². The van der Waals surface area contributed by atoms with Crippen LogP contribution in [-0.2, 0) is 11.3 Å². The second kappa shape index (κ2) is 6.68. The number of aromatic nitrogens is 3. The van der Waals surface area contributed by atoms with E-state index in [1.807, 2.05) is 0 Å². The molecule has 2 aromatic rings. The first kappa shape index (κ1) is 14.7. The number of hydrogen-bond donors (Lipinski definition) is 2. The van der Waals surface area contributed by atoms with Crippen LogP contribution in [0.3, 0.4) is 0 Å². The molecule has 3 rings (SSSR count). The molecule has 0 radical (unpaired) electrons. The molecule has 1 aliphatic carbocycles. The van der Waals surface area contributed by atoms with Crippen LogP contribution in [0.4, 0.5) is 4.39 Å². The van der Waals surface area contributed by atoms with Gasteiger partial charge in [0.1, 0.15) is 11.6 Å². The fourth-order valence-electron chi connectivity index (χ4n) is 2.78. The molecule has 0 saturated heterocycles. The molecule has 0 bridgehead atoms. The number of nitrogens with one attached hydrogen (secondary N) is 2. The third kappa shape index (κ3) is 3.50. The standard InChI is InChI=1S/C16H19FN4O/c17-13-8-6-11(7-9-13)15-19-14(20-21-15)10-18-16(22)12-4-2-1-3-5-12/h6-9,12H,1-5,10H2,(H,18,22)(H,19,20,21). The molecular formula is C16H19FN4O. The summed E-state index contributed by atoms with van der Waals surface area (Å²) in [6.45, 7) is 0.337. The fourth-order valence-corrected chi connectivity index (χ4v) is 2.78. The Bertz CT molecular complexity index is 632. The SMILES string of the molecule is O=C(NCc1nc(-c2ccc(F)cc2)n[nH]1)C1CCCCC1. The van der Waals surface area contributed by atoms with Crippen LogP contribution >= 0.6 is 0 Å². The molecule has 22 heavy (non-hydrogen) atoms. The summed E-state index contributed by atoms with van der Waals surface area (Å²) < 4.78 is 12.9. The smallest absolute Gasteiger partial charge is 0.223 e. The Kier molecular flexibility index (Phi) is 4.46. The van der Waals surface area contributed by atoms with Crippen LogP contribution < -0.4 is 5.32 Å². The molecule has 1 aromatic carbocycles. The molecule has 0 atom stereocenters. The fraction of sp³-hybridized carbons (Fsp3) is 0.438. The zero-order valence-electron chi connectivity index (χ0n) is 12.3. The monoisotopic (exact) mass is 302 g/mol. The Hall–Kier alpha value is -2.24. The largest absolute Gasteiger partial charge is 0.349 e. The zero-order chi connectivity index (χ0) is 15.4. The average molecular weight is 302 g/mol. The normalized spacial score (nSPS) is 15.7. The van der Waals surface area contributed by atoms with Gasteiger partial charge in [-0.2, -0.15) is 5.10 Å². The summed E-state index contributed by atoms with van der Waals surface area (Å²) in [6.07, 6.45) is 5.45. The van der Waals surface area contributed by atoms with Crippen molar-refractivity contribution in [1.82, 2.24) is 20.5 Å². The summed E-state index contributed by atoms with van der Waals surface area (Å²) in [5.41, 5.74) is 0.738. The Morgan fingerprint density at radius 1 is 1.23 bits per heavy atom. The maximum Gasteiger partial charge on any atom is 0.223 e. The van der Waals surface area contributed by atoms with E-state index in [-0.39, 0.29) is 17.6 Å². The van der Waals surface area contributed by atoms with Gasteiger partial charge in [-0.3, -0.25) is 9.89 Å². The minimum Gasteiger partial charge on any atom is -0.349 e. The number of hydrogen-bond acceptors (Lipinski definition) is 3. The van der Waals surface area contributed by atoms with Crippen LogP contribution in [0.25, 0.3) is 11.4 Å². The van der Waals surface area contributed by atoms with Crippen molar-refractivity contribution >= 4 is 5.91 Å². The third-order valence-electron chi connectivity index (χ3n) is 4.04. The van der Waals surface area contributed by atoms with Gasteiger partial charge in [-0.25, -0.2) is 9.37 Å². The molecule has 2 N–H and O–H groups in total. The molecule has 0 unspecified atom stereocenters. The van der Waals surface area contributed by atoms with E-state index in [1.54, 1.807) is 12.1 Å². The van der Waals surface area contributed by atoms with Crippen molar-refractivity contribution < 1.29 is 9.18 Å². The lowest BCUT2D eigenvalue weighted by atomic mass is 9.89. The van der Waals surface area contributed by atoms with Crippen LogP contribution in [0.1, 0.15) is 37.9 Å². The first-order chi connectivity index (χ1) is 10.7. The summed E-state index contributed by atoms with van der Waals surface area (Å²) in [5, 5.41) is 9.81. The predicted molar refractivity (Wildman–Crippen MR) is 80.2 cm³/mol. The van der Waals surface area contributed by atoms with E-state index in [9.17, 15) is 9.18 Å². The van der Waals surface area contributed by atoms with Crippen molar-refractivity contribution in [1.29, 1.82) is 0 Å². The van der Waals surface area contributed by atoms with E-state index in [2.05, 4.69) is 20.5 Å². The number of amides is 1. The molecule has 6 heteroatoms. The molecule has 1 amide bonds. The Morgan fingerprint density at radius 3 is 2.68 bits per heavy atom. The lowest BCUT2D eigenvalue weighted by Gasteiger charge is -2.20. The highest BCUT2D eigenvalue weighted by molar-refractivity contribution is 5.78. The van der Waals surface area contributed by atoms with Gasteiger partial charge in [0.25, 0.3) is 0 Å². The van der Waals surface area contributed by atoms with Gasteiger partial charge in [0.05, 0.1) is 6.54 Å². The summed E-state index contributed by atoms with van der Waals surface area (Å²) in [5.74, 6) is 1.04. The van der Waals surface area contributed by atoms with Crippen molar-refractivity contribution in [2.75, 3.05) is 0 Å². The van der Waals surface area contributed by atoms with Gasteiger partial charge < -0.3 is 5.32 Å². The molecule has 116 valence electrons. The average Bonchev–Trinajstić information content (AvgIpc) is 3.03. The molecule has 1 saturated carbocycles. The second-order valence-electron chi connectivity index (χ2n) is 5.67. The molecule has 0 aliphatic heterocycles. The van der Waals surface area contributed by atoms with Crippen LogP contribution in [0, 0.1) is 11.7 Å². The number of carbonyl (C=O) groups excluding carboxylic acids is 1. The van der Waals surface area contributed by atoms with Gasteiger partial charge in [-0.1, -0.05) is 19.3 Å². The van der Waals surface area contributed by atoms with Crippen molar-refractivity contribution in [2.24, 2.45) is 5.92 Å². The number of aromatic amines is 1. The number of H-pyrrole nitrogens is 1. The van der Waals surface area contributed by atoms with E-state index in [0.29, 0.717) is 18.2 Å². The Morgan fingerprint density at radius 2 is 1.95 bits per heavy atom. The van der Waals surface area contributed by atoms with Crippen molar-refractivity contribution in [3.63, 3.8) is 0 Å². The topological polar surface area (TPSA) is 70.7 Å². The maximum absolute atomic E-state index is 12.9. The molecule has 1 aliphatic rings. The van der Waals surface area contributed by atoms with Crippen LogP contribution in [0.2, 0.25) is 0 Å². The summed E-state index contributed by atoms with van der Waals surface area (Å²) in [4.78, 5) is 16.4. The molecule has 1 fully saturated rings. The number of halogens is 1. The van der Waals surface area contributed by atoms with Gasteiger partial charge >= 0.3 is 0 Å². The van der Waals surface area contributed by atoms with Gasteiger partial charge in [-0.05, 0) is 37.1 Å². The van der Waals surface area contributed by atoms with Gasteiger partial charge in [-0.15, -0.1) is 0 Å². The van der Waals surface area contributed by atoms with Gasteiger partial charge in [0.2, 0.25) is 5.91 Å². The number of benzene rings is 1. The maximum atomic E-state index is 12.9. The van der Waals surface area contributed by atoms with E-state index in [1.165, 1.54) is 18.6 Å². The van der Waals surface area contributed by atoms with Crippen molar-refractivity contribution in [2.45, 2.75) is 38.6 Å². The van der Waals surface area contributed by atoms with E-state index in [4.69, 9.17) is 0 Å². The van der Waals surface area contributed by atoms with E-state index >= 15 is 0 Å². The molecular weight excluding hydrogens is 283 g/mol. The first-order valence-electron chi connectivity index (χ1n) is 7.67. The highest BCUT2D eigenvalue weighted by Gasteiger charge is 2.20. The van der Waals surface area contributed by atoms with E-state index in [0.717, 1.165) is 31.2 Å². The molecule has 0 spiro atoms. The van der Waals surface area contributed by atoms with Crippen LogP contribution in [-0.4, -0.2) is 21.1 Å². The number of rotatable bonds is 4. The number of carbonyl (C=O) groups is 1. The molecule has 1 aromatic heterocycles. The first-order valence-corrected chi connectivity index (χ1v) is 7.67.